The van der Waals surface area contributed by atoms with Gasteiger partial charge < -0.3 is 5.32 Å². The number of hydrogen-bond donors (Lipinski definition) is 1. The van der Waals surface area contributed by atoms with Crippen LogP contribution >= 0.6 is 38.5 Å². The number of halogens is 3. The van der Waals surface area contributed by atoms with Gasteiger partial charge in [0.25, 0.3) is 0 Å². The molecule has 1 aromatic heterocycles. The summed E-state index contributed by atoms with van der Waals surface area (Å²) in [5, 5.41) is 3.27. The largest absolute Gasteiger partial charge is 0.369 e. The maximum absolute atomic E-state index is 13.4. The molecule has 1 aromatic carbocycles. The summed E-state index contributed by atoms with van der Waals surface area (Å²) in [6, 6.07) is 4.84. The van der Waals surface area contributed by atoms with Gasteiger partial charge in [-0.05, 0) is 70.1 Å². The molecule has 0 aliphatic carbocycles. The molecule has 6 heteroatoms. The van der Waals surface area contributed by atoms with Crippen molar-refractivity contribution in [3.05, 3.63) is 37.8 Å². The molecule has 2 aromatic rings. The van der Waals surface area contributed by atoms with Gasteiger partial charge in [0.1, 0.15) is 11.6 Å². The van der Waals surface area contributed by atoms with Crippen molar-refractivity contribution in [2.75, 3.05) is 11.9 Å². The third-order valence-electron chi connectivity index (χ3n) is 2.93. The number of benzene rings is 1. The van der Waals surface area contributed by atoms with Gasteiger partial charge in [-0.1, -0.05) is 13.3 Å². The Labute approximate surface area is 146 Å². The fraction of sp³-hybridized carbons (Fsp3) is 0.333. The number of nitrogens with zero attached hydrogens (tertiary/aromatic N) is 2. The zero-order chi connectivity index (χ0) is 15.4. The SMILES string of the molecule is CCCc1nc(-c2ccc(F)c(Br)c2)nc(NCC)c1I. The lowest BCUT2D eigenvalue weighted by Crippen LogP contribution is -2.08. The first-order valence-corrected chi connectivity index (χ1v) is 8.69. The monoisotopic (exact) mass is 463 g/mol. The van der Waals surface area contributed by atoms with E-state index in [1.165, 1.54) is 6.07 Å². The van der Waals surface area contributed by atoms with Gasteiger partial charge in [-0.3, -0.25) is 0 Å². The Hall–Kier alpha value is -0.760. The Balaban J connectivity index is 2.53. The van der Waals surface area contributed by atoms with E-state index in [1.54, 1.807) is 12.1 Å². The molecule has 0 saturated heterocycles. The van der Waals surface area contributed by atoms with Crippen molar-refractivity contribution in [3.8, 4) is 11.4 Å². The van der Waals surface area contributed by atoms with Crippen LogP contribution in [0, 0.1) is 9.39 Å². The molecule has 0 atom stereocenters. The van der Waals surface area contributed by atoms with E-state index in [1.807, 2.05) is 6.92 Å². The lowest BCUT2D eigenvalue weighted by Gasteiger charge is -2.12. The van der Waals surface area contributed by atoms with Crippen LogP contribution in [0.2, 0.25) is 0 Å². The molecule has 1 heterocycles. The standard InChI is InChI=1S/C15H16BrFIN3/c1-3-5-12-13(18)15(19-4-2)21-14(20-12)9-6-7-11(17)10(16)8-9/h6-8H,3-5H2,1-2H3,(H,19,20,21). The second kappa shape index (κ2) is 7.49. The number of rotatable bonds is 5. The minimum Gasteiger partial charge on any atom is -0.369 e. The Kier molecular flexibility index (Phi) is 5.92. The average Bonchev–Trinajstić information content (AvgIpc) is 2.46. The molecular weight excluding hydrogens is 448 g/mol. The van der Waals surface area contributed by atoms with Gasteiger partial charge in [-0.25, -0.2) is 14.4 Å². The Bertz CT molecular complexity index is 622. The van der Waals surface area contributed by atoms with E-state index in [9.17, 15) is 4.39 Å². The normalized spacial score (nSPS) is 10.7. The number of anilines is 1. The molecule has 0 aliphatic rings. The average molecular weight is 464 g/mol. The molecule has 1 N–H and O–H groups in total. The van der Waals surface area contributed by atoms with E-state index in [2.05, 4.69) is 60.7 Å². The first-order valence-electron chi connectivity index (χ1n) is 6.82. The highest BCUT2D eigenvalue weighted by Gasteiger charge is 2.13. The van der Waals surface area contributed by atoms with Crippen LogP contribution in [-0.2, 0) is 6.42 Å². The lowest BCUT2D eigenvalue weighted by molar-refractivity contribution is 0.621. The Morgan fingerprint density at radius 2 is 2.05 bits per heavy atom. The van der Waals surface area contributed by atoms with Crippen LogP contribution in [-0.4, -0.2) is 16.5 Å². The van der Waals surface area contributed by atoms with Crippen molar-refractivity contribution < 1.29 is 4.39 Å². The third kappa shape index (κ3) is 3.91. The molecule has 0 fully saturated rings. The molecule has 0 aliphatic heterocycles. The van der Waals surface area contributed by atoms with Crippen LogP contribution < -0.4 is 5.32 Å². The smallest absolute Gasteiger partial charge is 0.161 e. The maximum atomic E-state index is 13.4. The quantitative estimate of drug-likeness (QED) is 0.631. The van der Waals surface area contributed by atoms with E-state index >= 15 is 0 Å². The van der Waals surface area contributed by atoms with Gasteiger partial charge in [0, 0.05) is 12.1 Å². The summed E-state index contributed by atoms with van der Waals surface area (Å²) in [7, 11) is 0. The minimum atomic E-state index is -0.287. The molecule has 3 nitrogen and oxygen atoms in total. The fourth-order valence-corrected chi connectivity index (χ4v) is 3.03. The zero-order valence-corrected chi connectivity index (χ0v) is 15.6. The Morgan fingerprint density at radius 1 is 1.29 bits per heavy atom. The zero-order valence-electron chi connectivity index (χ0n) is 11.9. The van der Waals surface area contributed by atoms with Crippen LogP contribution in [0.3, 0.4) is 0 Å². The molecule has 0 spiro atoms. The number of aryl methyl sites for hydroxylation is 1. The van der Waals surface area contributed by atoms with Crippen molar-refractivity contribution in [2.24, 2.45) is 0 Å². The molecule has 0 amide bonds. The van der Waals surface area contributed by atoms with Crippen molar-refractivity contribution >= 4 is 44.3 Å². The van der Waals surface area contributed by atoms with Gasteiger partial charge >= 0.3 is 0 Å². The van der Waals surface area contributed by atoms with E-state index in [-0.39, 0.29) is 5.82 Å². The Morgan fingerprint density at radius 3 is 2.67 bits per heavy atom. The highest BCUT2D eigenvalue weighted by molar-refractivity contribution is 14.1. The topological polar surface area (TPSA) is 37.8 Å². The van der Waals surface area contributed by atoms with Crippen LogP contribution in [0.5, 0.6) is 0 Å². The summed E-state index contributed by atoms with van der Waals surface area (Å²) in [5.74, 6) is 1.17. The highest BCUT2D eigenvalue weighted by Crippen LogP contribution is 2.27. The predicted molar refractivity (Wildman–Crippen MR) is 96.0 cm³/mol. The fourth-order valence-electron chi connectivity index (χ4n) is 1.94. The predicted octanol–water partition coefficient (Wildman–Crippen LogP) is 5.03. The highest BCUT2D eigenvalue weighted by atomic mass is 127. The summed E-state index contributed by atoms with van der Waals surface area (Å²) in [4.78, 5) is 9.22. The lowest BCUT2D eigenvalue weighted by atomic mass is 10.2. The minimum absolute atomic E-state index is 0.287. The van der Waals surface area contributed by atoms with Crippen LogP contribution in [0.25, 0.3) is 11.4 Å². The number of hydrogen-bond acceptors (Lipinski definition) is 3. The molecule has 0 bridgehead atoms. The third-order valence-corrected chi connectivity index (χ3v) is 4.67. The van der Waals surface area contributed by atoms with Gasteiger partial charge in [-0.15, -0.1) is 0 Å². The molecular formula is C15H16BrFIN3. The van der Waals surface area contributed by atoms with Crippen molar-refractivity contribution in [1.82, 2.24) is 9.97 Å². The molecule has 0 radical (unpaired) electrons. The summed E-state index contributed by atoms with van der Waals surface area (Å²) in [6.07, 6.45) is 1.92. The van der Waals surface area contributed by atoms with Gasteiger partial charge in [0.05, 0.1) is 13.7 Å². The molecule has 2 rings (SSSR count). The van der Waals surface area contributed by atoms with Crippen molar-refractivity contribution in [2.45, 2.75) is 26.7 Å². The van der Waals surface area contributed by atoms with E-state index in [0.29, 0.717) is 10.3 Å². The molecule has 0 unspecified atom stereocenters. The summed E-state index contributed by atoms with van der Waals surface area (Å²) < 4.78 is 14.9. The van der Waals surface area contributed by atoms with Crippen molar-refractivity contribution in [1.29, 1.82) is 0 Å². The number of nitrogens with one attached hydrogen (secondary N) is 1. The van der Waals surface area contributed by atoms with Crippen LogP contribution in [0.15, 0.2) is 22.7 Å². The van der Waals surface area contributed by atoms with E-state index in [0.717, 1.165) is 40.0 Å². The van der Waals surface area contributed by atoms with Crippen LogP contribution in [0.1, 0.15) is 26.0 Å². The van der Waals surface area contributed by atoms with Gasteiger partial charge in [0.15, 0.2) is 5.82 Å². The molecule has 0 saturated carbocycles. The molecule has 112 valence electrons. The van der Waals surface area contributed by atoms with Gasteiger partial charge in [0.2, 0.25) is 0 Å². The number of aromatic nitrogens is 2. The van der Waals surface area contributed by atoms with Crippen molar-refractivity contribution in [3.63, 3.8) is 0 Å². The maximum Gasteiger partial charge on any atom is 0.161 e. The van der Waals surface area contributed by atoms with Gasteiger partial charge in [-0.2, -0.15) is 0 Å². The van der Waals surface area contributed by atoms with E-state index in [4.69, 9.17) is 0 Å². The van der Waals surface area contributed by atoms with E-state index < -0.39 is 0 Å². The summed E-state index contributed by atoms with van der Waals surface area (Å²) in [6.45, 7) is 4.95. The second-order valence-electron chi connectivity index (χ2n) is 4.57. The first kappa shape index (κ1) is 16.6. The first-order chi connectivity index (χ1) is 10.1. The molecule has 21 heavy (non-hydrogen) atoms. The summed E-state index contributed by atoms with van der Waals surface area (Å²) in [5.41, 5.74) is 1.83. The second-order valence-corrected chi connectivity index (χ2v) is 6.50. The summed E-state index contributed by atoms with van der Waals surface area (Å²) >= 11 is 5.49. The van der Waals surface area contributed by atoms with Crippen LogP contribution in [0.4, 0.5) is 10.2 Å².